The molecule has 14 heavy (non-hydrogen) atoms. The van der Waals surface area contributed by atoms with Crippen LogP contribution in [-0.4, -0.2) is 0 Å². The van der Waals surface area contributed by atoms with Crippen molar-refractivity contribution >= 4 is 0 Å². The van der Waals surface area contributed by atoms with Crippen LogP contribution in [-0.2, 0) is 0 Å². The van der Waals surface area contributed by atoms with E-state index in [4.69, 9.17) is 0 Å². The van der Waals surface area contributed by atoms with Gasteiger partial charge in [-0.2, -0.15) is 0 Å². The first-order valence-electron chi connectivity index (χ1n) is 5.52. The van der Waals surface area contributed by atoms with E-state index >= 15 is 0 Å². The van der Waals surface area contributed by atoms with Gasteiger partial charge in [-0.15, -0.1) is 0 Å². The molecule has 1 aliphatic rings. The van der Waals surface area contributed by atoms with E-state index in [2.05, 4.69) is 48.6 Å². The summed E-state index contributed by atoms with van der Waals surface area (Å²) in [5.41, 5.74) is 0. The van der Waals surface area contributed by atoms with Crippen LogP contribution in [0.5, 0.6) is 0 Å². The van der Waals surface area contributed by atoms with E-state index in [0.29, 0.717) is 0 Å². The highest BCUT2D eigenvalue weighted by molar-refractivity contribution is 5.04. The van der Waals surface area contributed by atoms with E-state index in [1.54, 1.807) is 0 Å². The molecule has 0 unspecified atom stereocenters. The van der Waals surface area contributed by atoms with Gasteiger partial charge < -0.3 is 0 Å². The van der Waals surface area contributed by atoms with Gasteiger partial charge in [0.05, 0.1) is 0 Å². The summed E-state index contributed by atoms with van der Waals surface area (Å²) in [6.45, 7) is 0. The molecule has 0 heterocycles. The Hall–Kier alpha value is -1.04. The number of allylic oxidation sites excluding steroid dienone is 8. The average molecular weight is 187 g/mol. The lowest BCUT2D eigenvalue weighted by Crippen LogP contribution is -1.71. The standard InChI is InChI=1S/C14H19/c1-2-4-6-8-10-12-14-13-11-9-7-5-3-1/h1-4,10-11,13H,5-7,9,12,14H2/b3-1-,4-2+,10-8?,13-11+. The van der Waals surface area contributed by atoms with Crippen molar-refractivity contribution in [3.8, 4) is 0 Å². The zero-order valence-electron chi connectivity index (χ0n) is 8.78. The summed E-state index contributed by atoms with van der Waals surface area (Å²) in [6, 6.07) is 0. The summed E-state index contributed by atoms with van der Waals surface area (Å²) in [6.07, 6.45) is 25.5. The van der Waals surface area contributed by atoms with Crippen LogP contribution in [0.3, 0.4) is 0 Å². The molecule has 0 aromatic rings. The van der Waals surface area contributed by atoms with Crippen LogP contribution in [0.2, 0.25) is 0 Å². The van der Waals surface area contributed by atoms with Crippen LogP contribution in [0.15, 0.2) is 42.5 Å². The molecular formula is C14H19. The molecule has 0 heteroatoms. The molecule has 0 amide bonds. The fraction of sp³-hybridized carbons (Fsp3) is 0.429. The molecule has 0 aromatic carbocycles. The summed E-state index contributed by atoms with van der Waals surface area (Å²) < 4.78 is 0. The smallest absolute Gasteiger partial charge is 0.00948 e. The van der Waals surface area contributed by atoms with Gasteiger partial charge in [-0.1, -0.05) is 42.5 Å². The van der Waals surface area contributed by atoms with Gasteiger partial charge in [0.1, 0.15) is 0 Å². The van der Waals surface area contributed by atoms with Crippen molar-refractivity contribution in [3.05, 3.63) is 48.6 Å². The van der Waals surface area contributed by atoms with E-state index < -0.39 is 0 Å². The van der Waals surface area contributed by atoms with Gasteiger partial charge in [0.2, 0.25) is 0 Å². The molecule has 0 N–H and O–H groups in total. The second-order valence-electron chi connectivity index (χ2n) is 3.45. The predicted octanol–water partition coefficient (Wildman–Crippen LogP) is 4.37. The molecule has 0 nitrogen and oxygen atoms in total. The van der Waals surface area contributed by atoms with Crippen LogP contribution in [0, 0.1) is 6.08 Å². The van der Waals surface area contributed by atoms with Gasteiger partial charge in [-0.05, 0) is 44.6 Å². The molecule has 0 bridgehead atoms. The average Bonchev–Trinajstić information content (AvgIpc) is 2.22. The molecule has 1 rings (SSSR count). The minimum Gasteiger partial charge on any atom is -0.0885 e. The second kappa shape index (κ2) is 8.55. The van der Waals surface area contributed by atoms with E-state index in [0.717, 1.165) is 19.3 Å². The maximum absolute atomic E-state index is 3.26. The Morgan fingerprint density at radius 1 is 0.714 bits per heavy atom. The van der Waals surface area contributed by atoms with Crippen LogP contribution in [0.25, 0.3) is 0 Å². The normalized spacial score (nSPS) is 28.6. The fourth-order valence-electron chi connectivity index (χ4n) is 1.34. The van der Waals surface area contributed by atoms with Crippen LogP contribution in [0.4, 0.5) is 0 Å². The van der Waals surface area contributed by atoms with E-state index in [1.165, 1.54) is 19.3 Å². The summed E-state index contributed by atoms with van der Waals surface area (Å²) in [4.78, 5) is 0. The third kappa shape index (κ3) is 6.47. The Morgan fingerprint density at radius 2 is 1.50 bits per heavy atom. The predicted molar refractivity (Wildman–Crippen MR) is 62.9 cm³/mol. The van der Waals surface area contributed by atoms with Gasteiger partial charge in [0.25, 0.3) is 0 Å². The molecule has 1 aliphatic carbocycles. The number of hydrogen-bond acceptors (Lipinski definition) is 0. The molecule has 0 atom stereocenters. The first kappa shape index (κ1) is 11.0. The highest BCUT2D eigenvalue weighted by Gasteiger charge is 1.82. The van der Waals surface area contributed by atoms with Crippen molar-refractivity contribution < 1.29 is 0 Å². The van der Waals surface area contributed by atoms with Gasteiger partial charge in [-0.25, -0.2) is 0 Å². The lowest BCUT2D eigenvalue weighted by molar-refractivity contribution is 0.862. The minimum atomic E-state index is 0.939. The Labute approximate surface area is 87.7 Å². The Morgan fingerprint density at radius 3 is 2.50 bits per heavy atom. The number of rotatable bonds is 0. The highest BCUT2D eigenvalue weighted by atomic mass is 13.9. The van der Waals surface area contributed by atoms with Gasteiger partial charge in [0, 0.05) is 0 Å². The molecule has 0 saturated carbocycles. The topological polar surface area (TPSA) is 0 Å². The lowest BCUT2D eigenvalue weighted by atomic mass is 10.2. The maximum Gasteiger partial charge on any atom is -0.00948 e. The van der Waals surface area contributed by atoms with Gasteiger partial charge >= 0.3 is 0 Å². The van der Waals surface area contributed by atoms with Crippen LogP contribution in [0.1, 0.15) is 38.5 Å². The molecule has 0 aliphatic heterocycles. The molecule has 0 saturated heterocycles. The van der Waals surface area contributed by atoms with Gasteiger partial charge in [0.15, 0.2) is 0 Å². The minimum absolute atomic E-state index is 0.939. The molecule has 1 radical (unpaired) electrons. The lowest BCUT2D eigenvalue weighted by Gasteiger charge is -1.91. The quantitative estimate of drug-likeness (QED) is 0.494. The highest BCUT2D eigenvalue weighted by Crippen LogP contribution is 2.01. The third-order valence-corrected chi connectivity index (χ3v) is 2.15. The first-order chi connectivity index (χ1) is 7.00. The van der Waals surface area contributed by atoms with Crippen molar-refractivity contribution in [1.29, 1.82) is 0 Å². The van der Waals surface area contributed by atoms with Crippen molar-refractivity contribution in [2.45, 2.75) is 38.5 Å². The summed E-state index contributed by atoms with van der Waals surface area (Å²) in [7, 11) is 0. The largest absolute Gasteiger partial charge is 0.0885 e. The van der Waals surface area contributed by atoms with Crippen LogP contribution >= 0.6 is 0 Å². The maximum atomic E-state index is 3.26. The zero-order valence-corrected chi connectivity index (χ0v) is 8.78. The molecule has 0 fully saturated rings. The summed E-state index contributed by atoms with van der Waals surface area (Å²) in [5.74, 6) is 0. The molecule has 0 spiro atoms. The molecular weight excluding hydrogens is 168 g/mol. The van der Waals surface area contributed by atoms with Crippen molar-refractivity contribution in [1.82, 2.24) is 0 Å². The van der Waals surface area contributed by atoms with E-state index in [9.17, 15) is 0 Å². The summed E-state index contributed by atoms with van der Waals surface area (Å²) >= 11 is 0. The monoisotopic (exact) mass is 187 g/mol. The van der Waals surface area contributed by atoms with Crippen molar-refractivity contribution in [3.63, 3.8) is 0 Å². The van der Waals surface area contributed by atoms with E-state index in [-0.39, 0.29) is 0 Å². The van der Waals surface area contributed by atoms with Crippen molar-refractivity contribution in [2.75, 3.05) is 0 Å². The Balaban J connectivity index is 2.34. The van der Waals surface area contributed by atoms with Gasteiger partial charge in [-0.3, -0.25) is 0 Å². The SMILES string of the molecule is [C]1=C/CC/C=C/CCC/C=C\C=C\C/1. The fourth-order valence-corrected chi connectivity index (χ4v) is 1.34. The Bertz CT molecular complexity index is 228. The van der Waals surface area contributed by atoms with E-state index in [1.807, 2.05) is 0 Å². The second-order valence-corrected chi connectivity index (χ2v) is 3.45. The zero-order chi connectivity index (χ0) is 9.90. The van der Waals surface area contributed by atoms with Crippen LogP contribution < -0.4 is 0 Å². The molecule has 0 aromatic heterocycles. The summed E-state index contributed by atoms with van der Waals surface area (Å²) in [5, 5.41) is 0. The first-order valence-corrected chi connectivity index (χ1v) is 5.52. The molecule has 75 valence electrons. The Kier molecular flexibility index (Phi) is 6.74. The third-order valence-electron chi connectivity index (χ3n) is 2.15. The number of hydrogen-bond donors (Lipinski definition) is 0. The van der Waals surface area contributed by atoms with Crippen molar-refractivity contribution in [2.24, 2.45) is 0 Å².